The number of halogens is 17. The molecule has 0 aliphatic carbocycles. The van der Waals surface area contributed by atoms with E-state index in [4.69, 9.17) is 9.47 Å². The van der Waals surface area contributed by atoms with Crippen LogP contribution in [0.3, 0.4) is 0 Å². The van der Waals surface area contributed by atoms with Crippen molar-refractivity contribution >= 4 is 0 Å². The Labute approximate surface area is 886 Å². The van der Waals surface area contributed by atoms with Gasteiger partial charge in [-0.2, -0.15) is 30.7 Å². The molecule has 0 N–H and O–H groups in total. The maximum Gasteiger partial charge on any atom is 0.429 e. The number of hydrogen-bond donors (Lipinski definition) is 0. The van der Waals surface area contributed by atoms with E-state index in [0.29, 0.717) is 69.0 Å². The quantitative estimate of drug-likeness (QED) is 0.0810. The number of benzene rings is 5. The minimum Gasteiger partial charge on any atom is -0.497 e. The van der Waals surface area contributed by atoms with Crippen LogP contribution < -0.4 is 34.9 Å². The molecule has 146 heavy (non-hydrogen) atoms. The summed E-state index contributed by atoms with van der Waals surface area (Å²) in [7, 11) is 2.94. The van der Waals surface area contributed by atoms with E-state index in [0.717, 1.165) is 77.6 Å². The predicted octanol–water partition coefficient (Wildman–Crippen LogP) is 19.7. The van der Waals surface area contributed by atoms with Crippen LogP contribution in [0, 0.1) is 115 Å². The fourth-order valence-electron chi connectivity index (χ4n) is 10.8. The SMILES string of the molecule is COc1ccnc(-c2[c-]cc(F)cc2F)c1.COc1ccnc(-c2nc(C(F)(F)F)n[n-]2)c1.Cc1ccnc(-c2[c-]cc(F)cc2F)c1.Cc1n[n-]c(-c2ccccn2)n1.Cc1n[n-]c(-c2ccccn2)n1.FC(F)(F)c1nnc(-c2ccccn2)[n-]1.Fc1c[c-]c(-c2ccccn2)c(F)c1.Fc1c[c-]c(-c2ccccn2)c(F)c1.Fc1c[c-]c(-c2ccccn2)c(F)c1.Fc1n[n-]c(-c2ccccn2)n1.[Ir].[Ir].[Ir].[Ir].[Ir]. The van der Waals surface area contributed by atoms with Crippen LogP contribution in [-0.2, 0) is 113 Å². The maximum atomic E-state index is 13.4. The zero-order chi connectivity index (χ0) is 101. The molecule has 20 aromatic rings. The number of aryl methyl sites for hydroxylation is 3. The van der Waals surface area contributed by atoms with Gasteiger partial charge in [-0.25, -0.2) is 5.10 Å². The van der Waals surface area contributed by atoms with Gasteiger partial charge in [-0.15, -0.1) is 60.7 Å². The third kappa shape index (κ3) is 37.6. The van der Waals surface area contributed by atoms with Gasteiger partial charge in [-0.1, -0.05) is 130 Å². The molecule has 5 radical (unpaired) electrons. The van der Waals surface area contributed by atoms with Gasteiger partial charge in [0, 0.05) is 244 Å². The van der Waals surface area contributed by atoms with Crippen LogP contribution in [0.4, 0.5) is 74.6 Å². The molecule has 0 unspecified atom stereocenters. The molecule has 0 saturated heterocycles. The number of alkyl halides is 6. The number of pyridine rings is 10. The van der Waals surface area contributed by atoms with Crippen molar-refractivity contribution in [1.82, 2.24) is 126 Å². The summed E-state index contributed by atoms with van der Waals surface area (Å²) in [6, 6.07) is 68.4. The van der Waals surface area contributed by atoms with Crippen molar-refractivity contribution in [2.24, 2.45) is 0 Å². The molecule has 0 fully saturated rings. The van der Waals surface area contributed by atoms with Gasteiger partial charge < -0.3 is 89.9 Å². The van der Waals surface area contributed by atoms with Crippen molar-refractivity contribution in [3.8, 4) is 125 Å². The van der Waals surface area contributed by atoms with Crippen molar-refractivity contribution < 1.29 is 185 Å². The van der Waals surface area contributed by atoms with E-state index in [9.17, 15) is 74.6 Å². The van der Waals surface area contributed by atoms with Gasteiger partial charge in [0.25, 0.3) is 0 Å². The number of nitrogens with zero attached hydrogens (tertiary/aromatic N) is 25. The Morgan fingerprint density at radius 1 is 0.267 bits per heavy atom. The molecule has 15 aromatic heterocycles. The summed E-state index contributed by atoms with van der Waals surface area (Å²) >= 11 is 0. The summed E-state index contributed by atoms with van der Waals surface area (Å²) in [6.45, 7) is 5.49. The van der Waals surface area contributed by atoms with Crippen LogP contribution in [0.25, 0.3) is 114 Å². The largest absolute Gasteiger partial charge is 0.497 e. The third-order valence-electron chi connectivity index (χ3n) is 17.2. The van der Waals surface area contributed by atoms with Crippen LogP contribution in [0.2, 0.25) is 0 Å². The van der Waals surface area contributed by atoms with Gasteiger partial charge in [0.15, 0.2) is 0 Å². The van der Waals surface area contributed by atoms with Crippen molar-refractivity contribution in [3.05, 3.63) is 410 Å². The van der Waals surface area contributed by atoms with Crippen molar-refractivity contribution in [1.29, 1.82) is 0 Å². The summed E-state index contributed by atoms with van der Waals surface area (Å²) in [5.41, 5.74) is 6.51. The van der Waals surface area contributed by atoms with Gasteiger partial charge in [-0.05, 0) is 164 Å². The molecular formula is C97H62F17Ir5N25O2-10. The first kappa shape index (κ1) is 120. The fourth-order valence-corrected chi connectivity index (χ4v) is 10.8. The Morgan fingerprint density at radius 2 is 0.548 bits per heavy atom. The number of aromatic nitrogens is 25. The number of methoxy groups -OCH3 is 2. The standard InChI is InChI=1S/C12H8F2NO.C12H8F2N.3C11H6F2N.C9H6F3N4O.C8H4F3N4.2C8H7N4.C7H4FN4.5Ir/c1-16-9-4-5-15-12(7-9)10-3-2-8(13)6-11(10)14;1-8-4-5-15-12(6-8)10-3-2-9(13)7-11(10)14;3*12-8-4-5-9(10(13)7-8)11-3-1-2-6-14-11;1-17-5-2-3-13-6(4-5)7-14-8(16-15-7)9(10,11)12;9-8(10,11)7-13-6(14-15-7)5-3-1-2-4-12-5;2*1-6-10-8(12-11-6)7-4-2-3-5-9-7;8-7-10-6(11-12-7)5-3-1-2-4-9-5;;;;;/h2,4-7H,1H3;2,4-7H,1H3;3*1-4,6-7H;2-4H,1H3;1-4H;2*2-5H,1H3;1-4H;;;;;/q10*-1;;;;;. The molecule has 0 aliphatic rings. The van der Waals surface area contributed by atoms with E-state index < -0.39 is 88.3 Å². The van der Waals surface area contributed by atoms with Crippen LogP contribution in [0.1, 0.15) is 28.9 Å². The van der Waals surface area contributed by atoms with Gasteiger partial charge in [0.2, 0.25) is 6.08 Å². The smallest absolute Gasteiger partial charge is 0.429 e. The number of hydrogen-bond acceptors (Lipinski definition) is 22. The molecule has 49 heteroatoms. The third-order valence-corrected chi connectivity index (χ3v) is 17.2. The van der Waals surface area contributed by atoms with Crippen LogP contribution >= 0.6 is 0 Å². The zero-order valence-corrected chi connectivity index (χ0v) is 86.7. The molecule has 5 aromatic carbocycles. The second-order valence-corrected chi connectivity index (χ2v) is 27.3. The monoisotopic (exact) mass is 2900 g/mol. The van der Waals surface area contributed by atoms with Gasteiger partial charge in [-0.3, -0.25) is 84.1 Å². The van der Waals surface area contributed by atoms with E-state index >= 15 is 0 Å². The van der Waals surface area contributed by atoms with Gasteiger partial charge in [0.05, 0.1) is 48.5 Å². The van der Waals surface area contributed by atoms with Crippen LogP contribution in [0.15, 0.2) is 286 Å². The minimum absolute atomic E-state index is 0. The first-order valence-corrected chi connectivity index (χ1v) is 40.1. The molecule has 0 amide bonds. The molecule has 0 atom stereocenters. The summed E-state index contributed by atoms with van der Waals surface area (Å²) in [4.78, 5) is 57.7. The van der Waals surface area contributed by atoms with Gasteiger partial charge in [0.1, 0.15) is 17.3 Å². The maximum absolute atomic E-state index is 13.4. The second-order valence-electron chi connectivity index (χ2n) is 27.3. The molecule has 0 spiro atoms. The summed E-state index contributed by atoms with van der Waals surface area (Å²) in [5, 5.41) is 34.4. The Morgan fingerprint density at radius 3 is 0.822 bits per heavy atom. The Hall–Kier alpha value is -15.0. The average molecular weight is 2890 g/mol. The summed E-state index contributed by atoms with van der Waals surface area (Å²) in [6.07, 6.45) is 5.55. The van der Waals surface area contributed by atoms with Crippen LogP contribution in [0.5, 0.6) is 11.5 Å². The molecule has 27 nitrogen and oxygen atoms in total. The first-order valence-electron chi connectivity index (χ1n) is 40.1. The second kappa shape index (κ2) is 59.9. The number of rotatable bonds is 12. The van der Waals surface area contributed by atoms with Crippen molar-refractivity contribution in [2.75, 3.05) is 14.2 Å². The van der Waals surface area contributed by atoms with E-state index in [2.05, 4.69) is 156 Å². The Bertz CT molecular complexity index is 6920. The normalized spacial score (nSPS) is 10.1. The van der Waals surface area contributed by atoms with E-state index in [1.54, 1.807) is 166 Å². The zero-order valence-electron chi connectivity index (χ0n) is 74.7. The van der Waals surface area contributed by atoms with Crippen molar-refractivity contribution in [2.45, 2.75) is 33.1 Å². The van der Waals surface area contributed by atoms with Gasteiger partial charge >= 0.3 is 12.4 Å². The van der Waals surface area contributed by atoms with Crippen molar-refractivity contribution in [3.63, 3.8) is 0 Å². The Kier molecular flexibility index (Phi) is 49.1. The number of ether oxygens (including phenoxy) is 2. The molecule has 20 rings (SSSR count). The average Bonchev–Trinajstić information content (AvgIpc) is 1.71. The predicted molar refractivity (Wildman–Crippen MR) is 472 cm³/mol. The van der Waals surface area contributed by atoms with E-state index in [1.165, 1.54) is 44.9 Å². The minimum atomic E-state index is -4.61. The summed E-state index contributed by atoms with van der Waals surface area (Å²) in [5.74, 6) is -5.57. The summed E-state index contributed by atoms with van der Waals surface area (Å²) < 4.78 is 225. The molecule has 0 saturated carbocycles. The van der Waals surface area contributed by atoms with E-state index in [1.807, 2.05) is 49.4 Å². The molecule has 0 bridgehead atoms. The Balaban J connectivity index is 0.000000247. The molecule has 761 valence electrons. The molecule has 15 heterocycles. The molecular weight excluding hydrogens is 2830 g/mol. The first-order chi connectivity index (χ1) is 67.8. The van der Waals surface area contributed by atoms with E-state index in [-0.39, 0.29) is 157 Å². The molecule has 0 aliphatic heterocycles. The van der Waals surface area contributed by atoms with Crippen LogP contribution in [-0.4, -0.2) is 115 Å². The topological polar surface area (TPSA) is 347 Å². The fraction of sp³-hybridized carbons (Fsp3) is 0.0722.